The Kier molecular flexibility index (Phi) is 3.66. The molecule has 0 radical (unpaired) electrons. The first kappa shape index (κ1) is 14.3. The van der Waals surface area contributed by atoms with Crippen molar-refractivity contribution in [2.75, 3.05) is 13.1 Å². The van der Waals surface area contributed by atoms with E-state index in [0.29, 0.717) is 24.2 Å². The number of carboxylic acids is 1. The van der Waals surface area contributed by atoms with Crippen molar-refractivity contribution in [1.82, 2.24) is 14.7 Å². The van der Waals surface area contributed by atoms with Gasteiger partial charge in [0.2, 0.25) is 0 Å². The molecule has 6 nitrogen and oxygen atoms in total. The number of hydrogen-bond acceptors (Lipinski definition) is 3. The molecule has 2 aromatic rings. The van der Waals surface area contributed by atoms with Crippen molar-refractivity contribution < 1.29 is 14.7 Å². The van der Waals surface area contributed by atoms with Gasteiger partial charge in [0, 0.05) is 19.3 Å². The predicted molar refractivity (Wildman–Crippen MR) is 79.9 cm³/mol. The van der Waals surface area contributed by atoms with Gasteiger partial charge in [0.1, 0.15) is 0 Å². The maximum Gasteiger partial charge on any atom is 0.308 e. The van der Waals surface area contributed by atoms with Gasteiger partial charge in [0.15, 0.2) is 0 Å². The first-order valence-corrected chi connectivity index (χ1v) is 7.20. The van der Waals surface area contributed by atoms with E-state index in [-0.39, 0.29) is 12.5 Å². The van der Waals surface area contributed by atoms with Gasteiger partial charge >= 0.3 is 5.97 Å². The third kappa shape index (κ3) is 2.59. The number of benzene rings is 1. The second-order valence-corrected chi connectivity index (χ2v) is 5.48. The fourth-order valence-electron chi connectivity index (χ4n) is 2.70. The molecule has 0 spiro atoms. The standard InChI is InChI=1S/C16H17N3O3/c1-11-14(10-19(17-11)13-5-3-2-4-6-13)15(20)18-8-7-12(9-18)16(21)22/h2-6,10,12H,7-9H2,1H3,(H,21,22)/t12-/m1/s1. The van der Waals surface area contributed by atoms with Crippen LogP contribution < -0.4 is 0 Å². The van der Waals surface area contributed by atoms with Crippen LogP contribution in [0.25, 0.3) is 5.69 Å². The lowest BCUT2D eigenvalue weighted by Gasteiger charge is -2.14. The quantitative estimate of drug-likeness (QED) is 0.936. The van der Waals surface area contributed by atoms with E-state index in [1.54, 1.807) is 22.7 Å². The zero-order valence-electron chi connectivity index (χ0n) is 12.3. The fraction of sp³-hybridized carbons (Fsp3) is 0.312. The highest BCUT2D eigenvalue weighted by atomic mass is 16.4. The Morgan fingerprint density at radius 2 is 2.00 bits per heavy atom. The molecule has 1 atom stereocenters. The maximum absolute atomic E-state index is 12.6. The van der Waals surface area contributed by atoms with Gasteiger partial charge in [-0.2, -0.15) is 5.10 Å². The lowest BCUT2D eigenvalue weighted by Crippen LogP contribution is -2.30. The number of aliphatic carboxylic acids is 1. The van der Waals surface area contributed by atoms with E-state index in [1.807, 2.05) is 30.3 Å². The average Bonchev–Trinajstić information content (AvgIpc) is 3.14. The van der Waals surface area contributed by atoms with Crippen LogP contribution in [-0.4, -0.2) is 44.8 Å². The second-order valence-electron chi connectivity index (χ2n) is 5.48. The van der Waals surface area contributed by atoms with Crippen molar-refractivity contribution in [3.05, 3.63) is 47.8 Å². The summed E-state index contributed by atoms with van der Waals surface area (Å²) in [6, 6.07) is 9.56. The highest BCUT2D eigenvalue weighted by molar-refractivity contribution is 5.95. The van der Waals surface area contributed by atoms with Crippen molar-refractivity contribution in [2.45, 2.75) is 13.3 Å². The Morgan fingerprint density at radius 3 is 2.64 bits per heavy atom. The van der Waals surface area contributed by atoms with Crippen molar-refractivity contribution in [1.29, 1.82) is 0 Å². The molecule has 6 heteroatoms. The molecule has 0 bridgehead atoms. The molecule has 1 fully saturated rings. The number of aromatic nitrogens is 2. The Morgan fingerprint density at radius 1 is 1.27 bits per heavy atom. The summed E-state index contributed by atoms with van der Waals surface area (Å²) in [5, 5.41) is 13.4. The van der Waals surface area contributed by atoms with Gasteiger partial charge in [-0.15, -0.1) is 0 Å². The van der Waals surface area contributed by atoms with Crippen molar-refractivity contribution >= 4 is 11.9 Å². The Balaban J connectivity index is 1.82. The summed E-state index contributed by atoms with van der Waals surface area (Å²) in [4.78, 5) is 25.2. The Hall–Kier alpha value is -2.63. The van der Waals surface area contributed by atoms with Crippen LogP contribution in [0.4, 0.5) is 0 Å². The van der Waals surface area contributed by atoms with Crippen LogP contribution in [-0.2, 0) is 4.79 Å². The molecule has 0 unspecified atom stereocenters. The van der Waals surface area contributed by atoms with E-state index in [9.17, 15) is 9.59 Å². The molecule has 0 aliphatic carbocycles. The summed E-state index contributed by atoms with van der Waals surface area (Å²) in [7, 11) is 0. The second kappa shape index (κ2) is 5.63. The van der Waals surface area contributed by atoms with Gasteiger partial charge in [-0.3, -0.25) is 9.59 Å². The van der Waals surface area contributed by atoms with Gasteiger partial charge in [-0.25, -0.2) is 4.68 Å². The summed E-state index contributed by atoms with van der Waals surface area (Å²) >= 11 is 0. The normalized spacial score (nSPS) is 17.7. The number of rotatable bonds is 3. The average molecular weight is 299 g/mol. The van der Waals surface area contributed by atoms with E-state index in [1.165, 1.54) is 0 Å². The molecule has 114 valence electrons. The first-order chi connectivity index (χ1) is 10.6. The van der Waals surface area contributed by atoms with Crippen LogP contribution in [0.2, 0.25) is 0 Å². The molecule has 1 amide bonds. The molecule has 22 heavy (non-hydrogen) atoms. The highest BCUT2D eigenvalue weighted by Crippen LogP contribution is 2.21. The van der Waals surface area contributed by atoms with Gasteiger partial charge in [0.05, 0.1) is 22.9 Å². The van der Waals surface area contributed by atoms with Crippen LogP contribution in [0.3, 0.4) is 0 Å². The van der Waals surface area contributed by atoms with Crippen LogP contribution >= 0.6 is 0 Å². The molecule has 1 saturated heterocycles. The van der Waals surface area contributed by atoms with E-state index in [0.717, 1.165) is 5.69 Å². The summed E-state index contributed by atoms with van der Waals surface area (Å²) in [5.41, 5.74) is 2.05. The number of nitrogens with zero attached hydrogens (tertiary/aromatic N) is 3. The molecule has 2 heterocycles. The third-order valence-corrected chi connectivity index (χ3v) is 3.97. The van der Waals surface area contributed by atoms with Gasteiger partial charge in [-0.1, -0.05) is 18.2 Å². The van der Waals surface area contributed by atoms with Crippen LogP contribution in [0, 0.1) is 12.8 Å². The fourth-order valence-corrected chi connectivity index (χ4v) is 2.70. The molecular weight excluding hydrogens is 282 g/mol. The lowest BCUT2D eigenvalue weighted by molar-refractivity contribution is -0.141. The smallest absolute Gasteiger partial charge is 0.308 e. The Bertz CT molecular complexity index is 709. The number of carboxylic acid groups (broad SMARTS) is 1. The molecule has 1 N–H and O–H groups in total. The van der Waals surface area contributed by atoms with E-state index in [4.69, 9.17) is 5.11 Å². The molecule has 0 saturated carbocycles. The van der Waals surface area contributed by atoms with Gasteiger partial charge in [0.25, 0.3) is 5.91 Å². The highest BCUT2D eigenvalue weighted by Gasteiger charge is 2.32. The monoisotopic (exact) mass is 299 g/mol. The van der Waals surface area contributed by atoms with Crippen LogP contribution in [0.5, 0.6) is 0 Å². The number of aryl methyl sites for hydroxylation is 1. The predicted octanol–water partition coefficient (Wildman–Crippen LogP) is 1.73. The summed E-state index contributed by atoms with van der Waals surface area (Å²) < 4.78 is 1.67. The van der Waals surface area contributed by atoms with Crippen molar-refractivity contribution in [3.8, 4) is 5.69 Å². The summed E-state index contributed by atoms with van der Waals surface area (Å²) in [6.07, 6.45) is 2.22. The minimum atomic E-state index is -0.841. The molecule has 1 aliphatic rings. The first-order valence-electron chi connectivity index (χ1n) is 7.20. The van der Waals surface area contributed by atoms with Gasteiger partial charge < -0.3 is 10.0 Å². The topological polar surface area (TPSA) is 75.4 Å². The number of carbonyl (C=O) groups excluding carboxylic acids is 1. The van der Waals surface area contributed by atoms with E-state index >= 15 is 0 Å². The number of amides is 1. The van der Waals surface area contributed by atoms with Crippen LogP contribution in [0.15, 0.2) is 36.5 Å². The number of para-hydroxylation sites is 1. The minimum absolute atomic E-state index is 0.150. The zero-order chi connectivity index (χ0) is 15.7. The minimum Gasteiger partial charge on any atom is -0.481 e. The van der Waals surface area contributed by atoms with Gasteiger partial charge in [-0.05, 0) is 25.5 Å². The zero-order valence-corrected chi connectivity index (χ0v) is 12.3. The summed E-state index contributed by atoms with van der Waals surface area (Å²) in [6.45, 7) is 2.54. The van der Waals surface area contributed by atoms with E-state index < -0.39 is 11.9 Å². The third-order valence-electron chi connectivity index (χ3n) is 3.97. The number of likely N-dealkylation sites (tertiary alicyclic amines) is 1. The SMILES string of the molecule is Cc1nn(-c2ccccc2)cc1C(=O)N1CC[C@@H](C(=O)O)C1. The molecule has 1 aliphatic heterocycles. The summed E-state index contributed by atoms with van der Waals surface area (Å²) in [5.74, 6) is -1.45. The Labute approximate surface area is 128 Å². The maximum atomic E-state index is 12.6. The van der Waals surface area contributed by atoms with Crippen molar-refractivity contribution in [3.63, 3.8) is 0 Å². The van der Waals surface area contributed by atoms with Crippen LogP contribution in [0.1, 0.15) is 22.5 Å². The molecule has 3 rings (SSSR count). The van der Waals surface area contributed by atoms with Crippen molar-refractivity contribution in [2.24, 2.45) is 5.92 Å². The van der Waals surface area contributed by atoms with E-state index in [2.05, 4.69) is 5.10 Å². The number of hydrogen-bond donors (Lipinski definition) is 1. The molecular formula is C16H17N3O3. The lowest BCUT2D eigenvalue weighted by atomic mass is 10.1. The largest absolute Gasteiger partial charge is 0.481 e. The molecule has 1 aromatic carbocycles. The molecule has 1 aromatic heterocycles. The number of carbonyl (C=O) groups is 2.